The normalized spacial score (nSPS) is 18.6. The molecule has 0 saturated heterocycles. The highest BCUT2D eigenvalue weighted by atomic mass is 32.1. The lowest BCUT2D eigenvalue weighted by molar-refractivity contribution is -0.123. The quantitative estimate of drug-likeness (QED) is 0.881. The van der Waals surface area contributed by atoms with E-state index in [1.807, 2.05) is 25.1 Å². The maximum atomic E-state index is 11.5. The van der Waals surface area contributed by atoms with Gasteiger partial charge in [-0.15, -0.1) is 11.3 Å². The van der Waals surface area contributed by atoms with E-state index >= 15 is 0 Å². The maximum absolute atomic E-state index is 11.5. The molecule has 2 aromatic heterocycles. The molecule has 5 heteroatoms. The van der Waals surface area contributed by atoms with Crippen LogP contribution < -0.4 is 0 Å². The molecule has 1 aliphatic rings. The van der Waals surface area contributed by atoms with Crippen LogP contribution in [0.5, 0.6) is 0 Å². The van der Waals surface area contributed by atoms with E-state index in [1.54, 1.807) is 12.3 Å². The average molecular weight is 273 g/mol. The predicted molar refractivity (Wildman–Crippen MR) is 72.8 cm³/mol. The first-order chi connectivity index (χ1) is 9.08. The van der Waals surface area contributed by atoms with Gasteiger partial charge < -0.3 is 10.2 Å². The number of hydrogen-bond acceptors (Lipinski definition) is 5. The van der Waals surface area contributed by atoms with Crippen molar-refractivity contribution >= 4 is 22.7 Å². The highest BCUT2D eigenvalue weighted by Crippen LogP contribution is 2.38. The minimum atomic E-state index is -1.34. The molecule has 3 rings (SSSR count). The molecule has 1 aliphatic carbocycles. The summed E-state index contributed by atoms with van der Waals surface area (Å²) in [5.74, 6) is -0.652. The average Bonchev–Trinajstić information content (AvgIpc) is 2.88. The Hall–Kier alpha value is -1.98. The summed E-state index contributed by atoms with van der Waals surface area (Å²) in [5, 5.41) is 18.7. The number of aromatic nitrogens is 1. The summed E-state index contributed by atoms with van der Waals surface area (Å²) in [6.45, 7) is 1.91. The van der Waals surface area contributed by atoms with Gasteiger partial charge in [0.2, 0.25) is 5.78 Å². The van der Waals surface area contributed by atoms with Gasteiger partial charge in [0, 0.05) is 21.6 Å². The molecule has 2 heterocycles. The highest BCUT2D eigenvalue weighted by molar-refractivity contribution is 7.17. The van der Waals surface area contributed by atoms with Gasteiger partial charge in [0.1, 0.15) is 5.76 Å². The summed E-state index contributed by atoms with van der Waals surface area (Å²) in [5.41, 5.74) is 2.18. The van der Waals surface area contributed by atoms with Crippen molar-refractivity contribution in [1.82, 2.24) is 4.98 Å². The van der Waals surface area contributed by atoms with Crippen molar-refractivity contribution in [3.8, 4) is 10.4 Å². The van der Waals surface area contributed by atoms with Crippen molar-refractivity contribution in [1.29, 1.82) is 0 Å². The van der Waals surface area contributed by atoms with Crippen LogP contribution in [0.25, 0.3) is 16.0 Å². The number of Topliss-reactive ketones (excluding diaryl/α,β-unsaturated/α-hetero) is 1. The first-order valence-corrected chi connectivity index (χ1v) is 6.58. The summed E-state index contributed by atoms with van der Waals surface area (Å²) in [6, 6.07) is 7.54. The van der Waals surface area contributed by atoms with Gasteiger partial charge >= 0.3 is 0 Å². The van der Waals surface area contributed by atoms with Gasteiger partial charge in [0.05, 0.1) is 5.57 Å². The van der Waals surface area contributed by atoms with E-state index in [0.29, 0.717) is 4.88 Å². The minimum absolute atomic E-state index is 0.231. The number of pyridine rings is 1. The van der Waals surface area contributed by atoms with Crippen LogP contribution in [0.1, 0.15) is 10.6 Å². The van der Waals surface area contributed by atoms with Crippen LogP contribution in [-0.4, -0.2) is 27.1 Å². The molecule has 0 spiro atoms. The smallest absolute Gasteiger partial charge is 0.203 e. The van der Waals surface area contributed by atoms with Crippen molar-refractivity contribution in [2.75, 3.05) is 0 Å². The standard InChI is InChI=1S/C14H11NO3S/c1-7-6-8(4-5-15-7)9-2-3-10(19-9)11-12(16)14(18)13(11)17/h2-6,14,16,18H,1H3. The van der Waals surface area contributed by atoms with Gasteiger partial charge in [-0.25, -0.2) is 0 Å². The zero-order chi connectivity index (χ0) is 13.6. The van der Waals surface area contributed by atoms with Gasteiger partial charge in [-0.1, -0.05) is 0 Å². The van der Waals surface area contributed by atoms with Gasteiger partial charge in [-0.05, 0) is 36.8 Å². The number of hydrogen-bond donors (Lipinski definition) is 2. The summed E-state index contributed by atoms with van der Waals surface area (Å²) >= 11 is 1.41. The van der Waals surface area contributed by atoms with E-state index in [9.17, 15) is 15.0 Å². The second kappa shape index (κ2) is 4.29. The van der Waals surface area contributed by atoms with Gasteiger partial charge in [0.25, 0.3) is 0 Å². The predicted octanol–water partition coefficient (Wildman–Crippen LogP) is 2.33. The van der Waals surface area contributed by atoms with Crippen molar-refractivity contribution < 1.29 is 15.0 Å². The van der Waals surface area contributed by atoms with Crippen LogP contribution in [0.2, 0.25) is 0 Å². The molecule has 0 bridgehead atoms. The summed E-state index contributed by atoms with van der Waals surface area (Å²) in [6.07, 6.45) is 0.391. The summed E-state index contributed by atoms with van der Waals surface area (Å²) in [4.78, 5) is 17.3. The summed E-state index contributed by atoms with van der Waals surface area (Å²) in [7, 11) is 0. The number of aryl methyl sites for hydroxylation is 1. The van der Waals surface area contributed by atoms with Crippen molar-refractivity contribution in [3.05, 3.63) is 46.8 Å². The Labute approximate surface area is 113 Å². The Morgan fingerprint density at radius 1 is 1.26 bits per heavy atom. The van der Waals surface area contributed by atoms with Crippen molar-refractivity contribution in [2.45, 2.75) is 13.0 Å². The molecule has 1 atom stereocenters. The zero-order valence-electron chi connectivity index (χ0n) is 10.1. The van der Waals surface area contributed by atoms with Crippen LogP contribution in [0.15, 0.2) is 36.2 Å². The van der Waals surface area contributed by atoms with Crippen LogP contribution in [0.4, 0.5) is 0 Å². The fourth-order valence-corrected chi connectivity index (χ4v) is 3.08. The number of ketones is 1. The van der Waals surface area contributed by atoms with E-state index in [4.69, 9.17) is 0 Å². The van der Waals surface area contributed by atoms with Crippen molar-refractivity contribution in [3.63, 3.8) is 0 Å². The number of rotatable bonds is 2. The monoisotopic (exact) mass is 273 g/mol. The lowest BCUT2D eigenvalue weighted by atomic mass is 9.90. The lowest BCUT2D eigenvalue weighted by Gasteiger charge is -2.22. The molecule has 0 aliphatic heterocycles. The van der Waals surface area contributed by atoms with Gasteiger partial charge in [-0.3, -0.25) is 9.78 Å². The molecule has 19 heavy (non-hydrogen) atoms. The maximum Gasteiger partial charge on any atom is 0.203 e. The second-order valence-corrected chi connectivity index (χ2v) is 5.46. The SMILES string of the molecule is Cc1cc(-c2ccc(C3=C(O)C(O)C3=O)s2)ccn1. The molecule has 2 N–H and O–H groups in total. The summed E-state index contributed by atoms with van der Waals surface area (Å²) < 4.78 is 0. The van der Waals surface area contributed by atoms with Crippen LogP contribution in [-0.2, 0) is 4.79 Å². The number of carbonyl (C=O) groups is 1. The van der Waals surface area contributed by atoms with Crippen molar-refractivity contribution in [2.24, 2.45) is 0 Å². The number of aliphatic hydroxyl groups is 2. The van der Waals surface area contributed by atoms with Crippen LogP contribution in [0.3, 0.4) is 0 Å². The lowest BCUT2D eigenvalue weighted by Crippen LogP contribution is -2.34. The Morgan fingerprint density at radius 2 is 2.00 bits per heavy atom. The first kappa shape index (κ1) is 12.1. The van der Waals surface area contributed by atoms with Gasteiger partial charge in [-0.2, -0.15) is 0 Å². The first-order valence-electron chi connectivity index (χ1n) is 5.76. The molecule has 0 amide bonds. The third-order valence-corrected chi connectivity index (χ3v) is 4.20. The van der Waals surface area contributed by atoms with Gasteiger partial charge in [0.15, 0.2) is 6.10 Å². The van der Waals surface area contributed by atoms with E-state index in [2.05, 4.69) is 4.98 Å². The Balaban J connectivity index is 2.00. The molecule has 0 saturated carbocycles. The van der Waals surface area contributed by atoms with E-state index in [1.165, 1.54) is 11.3 Å². The second-order valence-electron chi connectivity index (χ2n) is 4.38. The number of nitrogens with zero attached hydrogens (tertiary/aromatic N) is 1. The fourth-order valence-electron chi connectivity index (χ4n) is 2.02. The number of aliphatic hydroxyl groups excluding tert-OH is 2. The van der Waals surface area contributed by atoms with E-state index in [-0.39, 0.29) is 11.3 Å². The van der Waals surface area contributed by atoms with E-state index in [0.717, 1.165) is 16.1 Å². The minimum Gasteiger partial charge on any atom is -0.508 e. The molecule has 0 fully saturated rings. The third-order valence-electron chi connectivity index (χ3n) is 3.04. The Kier molecular flexibility index (Phi) is 2.73. The zero-order valence-corrected chi connectivity index (χ0v) is 10.9. The highest BCUT2D eigenvalue weighted by Gasteiger charge is 2.39. The van der Waals surface area contributed by atoms with E-state index < -0.39 is 11.9 Å². The molecule has 0 aromatic carbocycles. The van der Waals surface area contributed by atoms with Crippen LogP contribution >= 0.6 is 11.3 Å². The molecule has 2 aromatic rings. The Morgan fingerprint density at radius 3 is 2.68 bits per heavy atom. The largest absolute Gasteiger partial charge is 0.508 e. The Bertz CT molecular complexity index is 702. The molecular formula is C14H11NO3S. The molecule has 0 radical (unpaired) electrons. The topological polar surface area (TPSA) is 70.4 Å². The van der Waals surface area contributed by atoms with Crippen LogP contribution in [0, 0.1) is 6.92 Å². The molecule has 4 nitrogen and oxygen atoms in total. The number of carbonyl (C=O) groups excluding carboxylic acids is 1. The molecular weight excluding hydrogens is 262 g/mol. The fraction of sp³-hybridized carbons (Fsp3) is 0.143. The number of thiophene rings is 1. The molecule has 1 unspecified atom stereocenters. The third kappa shape index (κ3) is 1.87. The molecule has 96 valence electrons.